The standard InChI is InChI=1S/C23H37N3O3S/c1-19-15-20(2)17-25(16-19)12-6-11-24-23(27)22-9-7-21(8-10-22)18-30(28,29)26-13-4-3-5-14-26/h7-10,19-20H,3-6,11-18H2,1-2H3,(H,24,27)/t19-,20-/m0/s1. The average molecular weight is 436 g/mol. The van der Waals surface area contributed by atoms with Crippen LogP contribution in [0.2, 0.25) is 0 Å². The van der Waals surface area contributed by atoms with Crippen LogP contribution in [0.5, 0.6) is 0 Å². The van der Waals surface area contributed by atoms with Crippen molar-refractivity contribution in [2.45, 2.75) is 51.7 Å². The second-order valence-corrected chi connectivity index (χ2v) is 11.2. The maximum Gasteiger partial charge on any atom is 0.251 e. The zero-order valence-corrected chi connectivity index (χ0v) is 19.3. The molecule has 1 amide bonds. The van der Waals surface area contributed by atoms with Gasteiger partial charge in [-0.15, -0.1) is 0 Å². The summed E-state index contributed by atoms with van der Waals surface area (Å²) in [5, 5.41) is 2.99. The van der Waals surface area contributed by atoms with Crippen molar-refractivity contribution < 1.29 is 13.2 Å². The number of piperidine rings is 2. The average Bonchev–Trinajstić information content (AvgIpc) is 2.71. The quantitative estimate of drug-likeness (QED) is 0.637. The third kappa shape index (κ3) is 6.79. The number of likely N-dealkylation sites (tertiary alicyclic amines) is 1. The molecule has 2 heterocycles. The van der Waals surface area contributed by atoms with Gasteiger partial charge in [0.25, 0.3) is 5.91 Å². The molecule has 1 N–H and O–H groups in total. The summed E-state index contributed by atoms with van der Waals surface area (Å²) in [7, 11) is -3.28. The van der Waals surface area contributed by atoms with Gasteiger partial charge in [0.05, 0.1) is 5.75 Å². The van der Waals surface area contributed by atoms with Gasteiger partial charge >= 0.3 is 0 Å². The highest BCUT2D eigenvalue weighted by Crippen LogP contribution is 2.21. The predicted octanol–water partition coefficient (Wildman–Crippen LogP) is 3.10. The topological polar surface area (TPSA) is 69.7 Å². The minimum Gasteiger partial charge on any atom is -0.352 e. The lowest BCUT2D eigenvalue weighted by Crippen LogP contribution is -2.40. The van der Waals surface area contributed by atoms with Gasteiger partial charge in [0.2, 0.25) is 10.0 Å². The summed E-state index contributed by atoms with van der Waals surface area (Å²) in [5.74, 6) is 1.41. The highest BCUT2D eigenvalue weighted by atomic mass is 32.2. The molecule has 30 heavy (non-hydrogen) atoms. The van der Waals surface area contributed by atoms with Gasteiger partial charge in [0, 0.05) is 38.3 Å². The number of nitrogens with zero attached hydrogens (tertiary/aromatic N) is 2. The van der Waals surface area contributed by atoms with Crippen LogP contribution < -0.4 is 5.32 Å². The third-order valence-corrected chi connectivity index (χ3v) is 8.00. The van der Waals surface area contributed by atoms with Crippen molar-refractivity contribution in [2.24, 2.45) is 11.8 Å². The van der Waals surface area contributed by atoms with Crippen molar-refractivity contribution in [1.82, 2.24) is 14.5 Å². The van der Waals surface area contributed by atoms with Gasteiger partial charge in [-0.2, -0.15) is 0 Å². The monoisotopic (exact) mass is 435 g/mol. The summed E-state index contributed by atoms with van der Waals surface area (Å²) < 4.78 is 26.7. The molecule has 2 aliphatic heterocycles. The van der Waals surface area contributed by atoms with E-state index in [1.54, 1.807) is 28.6 Å². The van der Waals surface area contributed by atoms with Gasteiger partial charge < -0.3 is 10.2 Å². The van der Waals surface area contributed by atoms with Crippen LogP contribution in [-0.2, 0) is 15.8 Å². The lowest BCUT2D eigenvalue weighted by Gasteiger charge is -2.34. The van der Waals surface area contributed by atoms with E-state index in [0.29, 0.717) is 25.2 Å². The number of hydrogen-bond acceptors (Lipinski definition) is 4. The lowest BCUT2D eigenvalue weighted by molar-refractivity contribution is 0.0947. The number of amides is 1. The Kier molecular flexibility index (Phi) is 8.31. The Morgan fingerprint density at radius 1 is 1.03 bits per heavy atom. The van der Waals surface area contributed by atoms with Gasteiger partial charge in [0.1, 0.15) is 0 Å². The minimum atomic E-state index is -3.28. The van der Waals surface area contributed by atoms with Crippen molar-refractivity contribution in [3.8, 4) is 0 Å². The Bertz CT molecular complexity index is 778. The van der Waals surface area contributed by atoms with E-state index in [4.69, 9.17) is 0 Å². The van der Waals surface area contributed by atoms with E-state index in [9.17, 15) is 13.2 Å². The van der Waals surface area contributed by atoms with E-state index in [-0.39, 0.29) is 11.7 Å². The van der Waals surface area contributed by atoms with Crippen LogP contribution in [0.15, 0.2) is 24.3 Å². The Hall–Kier alpha value is -1.44. The van der Waals surface area contributed by atoms with E-state index in [2.05, 4.69) is 24.1 Å². The lowest BCUT2D eigenvalue weighted by atomic mass is 9.92. The molecule has 7 heteroatoms. The van der Waals surface area contributed by atoms with Crippen molar-refractivity contribution in [3.05, 3.63) is 35.4 Å². The zero-order valence-electron chi connectivity index (χ0n) is 18.5. The highest BCUT2D eigenvalue weighted by Gasteiger charge is 2.24. The Morgan fingerprint density at radius 2 is 1.67 bits per heavy atom. The first kappa shape index (κ1) is 23.2. The summed E-state index contributed by atoms with van der Waals surface area (Å²) in [5.41, 5.74) is 1.31. The van der Waals surface area contributed by atoms with Crippen LogP contribution in [0.25, 0.3) is 0 Å². The van der Waals surface area contributed by atoms with Gasteiger partial charge in [-0.1, -0.05) is 32.4 Å². The van der Waals surface area contributed by atoms with Crippen LogP contribution in [0.1, 0.15) is 61.9 Å². The van der Waals surface area contributed by atoms with Crippen LogP contribution in [0.4, 0.5) is 0 Å². The summed E-state index contributed by atoms with van der Waals surface area (Å²) in [6.07, 6.45) is 5.23. The summed E-state index contributed by atoms with van der Waals surface area (Å²) in [6.45, 7) is 9.85. The smallest absolute Gasteiger partial charge is 0.251 e. The SMILES string of the molecule is C[C@H]1C[C@H](C)CN(CCCNC(=O)c2ccc(CS(=O)(=O)N3CCCCC3)cc2)C1. The van der Waals surface area contributed by atoms with E-state index in [1.807, 2.05) is 0 Å². The number of benzene rings is 1. The fraction of sp³-hybridized carbons (Fsp3) is 0.696. The molecule has 2 fully saturated rings. The van der Waals surface area contributed by atoms with E-state index >= 15 is 0 Å². The Balaban J connectivity index is 1.42. The Labute approximate surface area is 182 Å². The predicted molar refractivity (Wildman–Crippen MR) is 121 cm³/mol. The van der Waals surface area contributed by atoms with Gasteiger partial charge in [0.15, 0.2) is 0 Å². The molecule has 2 atom stereocenters. The molecule has 0 aromatic heterocycles. The summed E-state index contributed by atoms with van der Waals surface area (Å²) >= 11 is 0. The molecule has 0 unspecified atom stereocenters. The molecular weight excluding hydrogens is 398 g/mol. The summed E-state index contributed by atoms with van der Waals surface area (Å²) in [6, 6.07) is 6.97. The normalized spacial score (nSPS) is 23.9. The number of rotatable bonds is 8. The molecule has 168 valence electrons. The van der Waals surface area contributed by atoms with Crippen molar-refractivity contribution >= 4 is 15.9 Å². The van der Waals surface area contributed by atoms with Gasteiger partial charge in [-0.3, -0.25) is 4.79 Å². The second-order valence-electron chi connectivity index (χ2n) is 9.23. The first-order valence-corrected chi connectivity index (χ1v) is 13.0. The second kappa shape index (κ2) is 10.7. The number of hydrogen-bond donors (Lipinski definition) is 1. The van der Waals surface area contributed by atoms with Crippen molar-refractivity contribution in [2.75, 3.05) is 39.3 Å². The molecule has 0 spiro atoms. The first-order chi connectivity index (χ1) is 14.3. The molecule has 0 bridgehead atoms. The molecule has 2 aliphatic rings. The molecule has 0 saturated carbocycles. The van der Waals surface area contributed by atoms with Crippen LogP contribution in [0.3, 0.4) is 0 Å². The third-order valence-electron chi connectivity index (χ3n) is 6.15. The Morgan fingerprint density at radius 3 is 2.30 bits per heavy atom. The molecular formula is C23H37N3O3S. The number of nitrogens with one attached hydrogen (secondary N) is 1. The summed E-state index contributed by atoms with van der Waals surface area (Å²) in [4.78, 5) is 14.9. The van der Waals surface area contributed by atoms with Gasteiger partial charge in [-0.25, -0.2) is 12.7 Å². The molecule has 0 radical (unpaired) electrons. The van der Waals surface area contributed by atoms with Crippen LogP contribution >= 0.6 is 0 Å². The van der Waals surface area contributed by atoms with E-state index < -0.39 is 10.0 Å². The molecule has 0 aliphatic carbocycles. The van der Waals surface area contributed by atoms with Gasteiger partial charge in [-0.05, 0) is 61.8 Å². The fourth-order valence-electron chi connectivity index (χ4n) is 4.78. The molecule has 3 rings (SSSR count). The van der Waals surface area contributed by atoms with Crippen LogP contribution in [0, 0.1) is 11.8 Å². The molecule has 6 nitrogen and oxygen atoms in total. The maximum atomic E-state index is 12.6. The van der Waals surface area contributed by atoms with E-state index in [0.717, 1.165) is 62.7 Å². The van der Waals surface area contributed by atoms with Crippen LogP contribution in [-0.4, -0.2) is 62.8 Å². The first-order valence-electron chi connectivity index (χ1n) is 11.4. The molecule has 2 saturated heterocycles. The molecule has 1 aromatic carbocycles. The molecule has 1 aromatic rings. The maximum absolute atomic E-state index is 12.6. The zero-order chi connectivity index (χ0) is 21.6. The van der Waals surface area contributed by atoms with Crippen molar-refractivity contribution in [1.29, 1.82) is 0 Å². The number of carbonyl (C=O) groups excluding carboxylic acids is 1. The number of carbonyl (C=O) groups is 1. The largest absolute Gasteiger partial charge is 0.352 e. The highest BCUT2D eigenvalue weighted by molar-refractivity contribution is 7.88. The minimum absolute atomic E-state index is 0.00157. The van der Waals surface area contributed by atoms with Crippen molar-refractivity contribution in [3.63, 3.8) is 0 Å². The van der Waals surface area contributed by atoms with E-state index in [1.165, 1.54) is 6.42 Å². The fourth-order valence-corrected chi connectivity index (χ4v) is 6.39. The number of sulfonamides is 1.